The number of alkyl halides is 3. The van der Waals surface area contributed by atoms with Crippen molar-refractivity contribution in [3.05, 3.63) is 48.0 Å². The van der Waals surface area contributed by atoms with E-state index >= 15 is 0 Å². The Balaban J connectivity index is 2.20. The van der Waals surface area contributed by atoms with Crippen LogP contribution in [0.5, 0.6) is 0 Å². The average molecular weight is 295 g/mol. The van der Waals surface area contributed by atoms with E-state index in [9.17, 15) is 13.2 Å². The Bertz CT molecular complexity index is 619. The van der Waals surface area contributed by atoms with Crippen LogP contribution in [0.4, 0.5) is 35.9 Å². The summed E-state index contributed by atoms with van der Waals surface area (Å²) >= 11 is 0. The Hall–Kier alpha value is -2.37. The molecule has 3 nitrogen and oxygen atoms in total. The number of hydrogen-bond donors (Lipinski definition) is 2. The van der Waals surface area contributed by atoms with E-state index in [0.29, 0.717) is 5.69 Å². The van der Waals surface area contributed by atoms with E-state index in [1.165, 1.54) is 6.07 Å². The van der Waals surface area contributed by atoms with Gasteiger partial charge in [-0.3, -0.25) is 0 Å². The Morgan fingerprint density at radius 2 is 1.62 bits per heavy atom. The summed E-state index contributed by atoms with van der Waals surface area (Å²) in [5.41, 5.74) is 7.20. The second-order valence-electron chi connectivity index (χ2n) is 4.87. The predicted octanol–water partition coefficient (Wildman–Crippen LogP) is 4.10. The molecule has 0 aliphatic heterocycles. The lowest BCUT2D eigenvalue weighted by molar-refractivity contribution is -0.137. The number of anilines is 4. The summed E-state index contributed by atoms with van der Waals surface area (Å²) in [7, 11) is 3.85. The zero-order valence-corrected chi connectivity index (χ0v) is 11.7. The smallest absolute Gasteiger partial charge is 0.397 e. The molecule has 0 saturated carbocycles. The molecule has 0 atom stereocenters. The van der Waals surface area contributed by atoms with Gasteiger partial charge in [-0.2, -0.15) is 13.2 Å². The maximum atomic E-state index is 12.6. The molecule has 2 aromatic carbocycles. The molecule has 0 aliphatic carbocycles. The number of hydrogen-bond acceptors (Lipinski definition) is 3. The molecule has 0 amide bonds. The van der Waals surface area contributed by atoms with Gasteiger partial charge in [0.05, 0.1) is 16.9 Å². The van der Waals surface area contributed by atoms with E-state index in [-0.39, 0.29) is 5.69 Å². The highest BCUT2D eigenvalue weighted by molar-refractivity contribution is 5.74. The van der Waals surface area contributed by atoms with Crippen LogP contribution in [-0.2, 0) is 6.18 Å². The van der Waals surface area contributed by atoms with Crippen molar-refractivity contribution < 1.29 is 13.2 Å². The third-order valence-corrected chi connectivity index (χ3v) is 3.04. The van der Waals surface area contributed by atoms with Gasteiger partial charge in [0.25, 0.3) is 0 Å². The summed E-state index contributed by atoms with van der Waals surface area (Å²) in [6.07, 6.45) is -4.39. The van der Waals surface area contributed by atoms with E-state index in [0.717, 1.165) is 23.5 Å². The molecule has 0 bridgehead atoms. The summed E-state index contributed by atoms with van der Waals surface area (Å²) in [5.74, 6) is 0. The van der Waals surface area contributed by atoms with Crippen molar-refractivity contribution in [2.75, 3.05) is 30.0 Å². The zero-order valence-electron chi connectivity index (χ0n) is 11.7. The molecule has 2 rings (SSSR count). The van der Waals surface area contributed by atoms with Gasteiger partial charge in [0, 0.05) is 25.5 Å². The van der Waals surface area contributed by atoms with Crippen molar-refractivity contribution in [3.8, 4) is 0 Å². The SMILES string of the molecule is CN(C)c1ccc(Nc2ccc(C(F)(F)F)cc2N)cc1. The molecule has 6 heteroatoms. The van der Waals surface area contributed by atoms with E-state index < -0.39 is 11.7 Å². The van der Waals surface area contributed by atoms with Gasteiger partial charge in [-0.25, -0.2) is 0 Å². The van der Waals surface area contributed by atoms with Crippen LogP contribution in [0.25, 0.3) is 0 Å². The first kappa shape index (κ1) is 15.0. The van der Waals surface area contributed by atoms with E-state index in [1.54, 1.807) is 0 Å². The molecule has 3 N–H and O–H groups in total. The lowest BCUT2D eigenvalue weighted by Gasteiger charge is -2.15. The summed E-state index contributed by atoms with van der Waals surface area (Å²) in [4.78, 5) is 1.95. The van der Waals surface area contributed by atoms with Gasteiger partial charge in [-0.05, 0) is 42.5 Å². The molecule has 0 aliphatic rings. The fourth-order valence-corrected chi connectivity index (χ4v) is 1.85. The van der Waals surface area contributed by atoms with Gasteiger partial charge in [0.2, 0.25) is 0 Å². The van der Waals surface area contributed by atoms with E-state index in [1.807, 2.05) is 43.3 Å². The molecule has 0 spiro atoms. The number of rotatable bonds is 3. The summed E-state index contributed by atoms with van der Waals surface area (Å²) in [6.45, 7) is 0. The Morgan fingerprint density at radius 1 is 1.00 bits per heavy atom. The second kappa shape index (κ2) is 5.55. The standard InChI is InChI=1S/C15H16F3N3/c1-21(2)12-6-4-11(5-7-12)20-14-8-3-10(9-13(14)19)15(16,17)18/h3-9,20H,19H2,1-2H3. The molecule has 0 aromatic heterocycles. The summed E-state index contributed by atoms with van der Waals surface area (Å²) in [6, 6.07) is 10.8. The number of benzene rings is 2. The molecule has 2 aromatic rings. The van der Waals surface area contributed by atoms with Crippen LogP contribution in [-0.4, -0.2) is 14.1 Å². The number of nitrogens with two attached hydrogens (primary N) is 1. The van der Waals surface area contributed by atoms with Gasteiger partial charge >= 0.3 is 6.18 Å². The van der Waals surface area contributed by atoms with Crippen molar-refractivity contribution in [3.63, 3.8) is 0 Å². The van der Waals surface area contributed by atoms with Crippen LogP contribution in [0, 0.1) is 0 Å². The third kappa shape index (κ3) is 3.59. The van der Waals surface area contributed by atoms with Gasteiger partial charge in [0.1, 0.15) is 0 Å². The van der Waals surface area contributed by atoms with Crippen LogP contribution < -0.4 is 16.0 Å². The minimum Gasteiger partial charge on any atom is -0.397 e. The Morgan fingerprint density at radius 3 is 2.10 bits per heavy atom. The van der Waals surface area contributed by atoms with Crippen LogP contribution in [0.2, 0.25) is 0 Å². The largest absolute Gasteiger partial charge is 0.416 e. The zero-order chi connectivity index (χ0) is 15.6. The van der Waals surface area contributed by atoms with Crippen molar-refractivity contribution in [1.29, 1.82) is 0 Å². The third-order valence-electron chi connectivity index (χ3n) is 3.04. The first-order chi connectivity index (χ1) is 9.77. The van der Waals surface area contributed by atoms with Crippen LogP contribution in [0.3, 0.4) is 0 Å². The fourth-order valence-electron chi connectivity index (χ4n) is 1.85. The molecule has 0 radical (unpaired) electrons. The monoisotopic (exact) mass is 295 g/mol. The first-order valence-electron chi connectivity index (χ1n) is 6.28. The van der Waals surface area contributed by atoms with Crippen molar-refractivity contribution in [2.45, 2.75) is 6.18 Å². The summed E-state index contributed by atoms with van der Waals surface area (Å²) < 4.78 is 37.7. The Kier molecular flexibility index (Phi) is 3.97. The average Bonchev–Trinajstić information content (AvgIpc) is 2.40. The molecular formula is C15H16F3N3. The number of halogens is 3. The van der Waals surface area contributed by atoms with Crippen LogP contribution in [0.1, 0.15) is 5.56 Å². The van der Waals surface area contributed by atoms with Gasteiger partial charge in [-0.1, -0.05) is 0 Å². The van der Waals surface area contributed by atoms with Gasteiger partial charge in [-0.15, -0.1) is 0 Å². The molecule has 0 unspecified atom stereocenters. The lowest BCUT2D eigenvalue weighted by atomic mass is 10.1. The minimum atomic E-state index is -4.39. The predicted molar refractivity (Wildman–Crippen MR) is 79.9 cm³/mol. The maximum absolute atomic E-state index is 12.6. The van der Waals surface area contributed by atoms with Crippen molar-refractivity contribution in [1.82, 2.24) is 0 Å². The molecule has 112 valence electrons. The molecule has 21 heavy (non-hydrogen) atoms. The first-order valence-corrected chi connectivity index (χ1v) is 6.28. The highest BCUT2D eigenvalue weighted by Gasteiger charge is 2.30. The van der Waals surface area contributed by atoms with Crippen molar-refractivity contribution in [2.24, 2.45) is 0 Å². The highest BCUT2D eigenvalue weighted by atomic mass is 19.4. The minimum absolute atomic E-state index is 0.0570. The fraction of sp³-hybridized carbons (Fsp3) is 0.200. The lowest BCUT2D eigenvalue weighted by Crippen LogP contribution is -2.08. The second-order valence-corrected chi connectivity index (χ2v) is 4.87. The topological polar surface area (TPSA) is 41.3 Å². The maximum Gasteiger partial charge on any atom is 0.416 e. The van der Waals surface area contributed by atoms with E-state index in [2.05, 4.69) is 5.32 Å². The molecule has 0 fully saturated rings. The highest BCUT2D eigenvalue weighted by Crippen LogP contribution is 2.33. The van der Waals surface area contributed by atoms with Gasteiger partial charge < -0.3 is 16.0 Å². The number of nitrogens with one attached hydrogen (secondary N) is 1. The van der Waals surface area contributed by atoms with Crippen molar-refractivity contribution >= 4 is 22.7 Å². The van der Waals surface area contributed by atoms with Crippen LogP contribution in [0.15, 0.2) is 42.5 Å². The molecular weight excluding hydrogens is 279 g/mol. The molecule has 0 heterocycles. The van der Waals surface area contributed by atoms with Crippen LogP contribution >= 0.6 is 0 Å². The number of nitrogen functional groups attached to an aromatic ring is 1. The number of nitrogens with zero attached hydrogens (tertiary/aromatic N) is 1. The quantitative estimate of drug-likeness (QED) is 0.838. The summed E-state index contributed by atoms with van der Waals surface area (Å²) in [5, 5.41) is 3.01. The van der Waals surface area contributed by atoms with Gasteiger partial charge in [0.15, 0.2) is 0 Å². The molecule has 0 saturated heterocycles. The normalized spacial score (nSPS) is 11.3. The van der Waals surface area contributed by atoms with E-state index in [4.69, 9.17) is 5.73 Å². The Labute approximate surface area is 121 Å².